The Morgan fingerprint density at radius 2 is 1.97 bits per heavy atom. The van der Waals surface area contributed by atoms with Crippen LogP contribution in [0.15, 0.2) is 64.6 Å². The summed E-state index contributed by atoms with van der Waals surface area (Å²) in [7, 11) is 1.57. The highest BCUT2D eigenvalue weighted by Crippen LogP contribution is 2.45. The summed E-state index contributed by atoms with van der Waals surface area (Å²) in [5.41, 5.74) is 0.954. The molecule has 4 aromatic rings. The number of carbonyl (C=O) groups is 2. The molecule has 3 heterocycles. The maximum atomic E-state index is 13.4. The Labute approximate surface area is 211 Å². The third-order valence-electron chi connectivity index (χ3n) is 5.85. The molecule has 8 nitrogen and oxygen atoms in total. The van der Waals surface area contributed by atoms with Crippen LogP contribution in [0.5, 0.6) is 11.5 Å². The van der Waals surface area contributed by atoms with Gasteiger partial charge in [-0.3, -0.25) is 14.5 Å². The highest BCUT2D eigenvalue weighted by molar-refractivity contribution is 7.22. The topological polar surface area (TPSA) is 102 Å². The molecule has 9 heteroatoms. The summed E-state index contributed by atoms with van der Waals surface area (Å²) in [6, 6.07) is 14.7. The van der Waals surface area contributed by atoms with Gasteiger partial charge in [0.25, 0.3) is 5.78 Å². The first kappa shape index (κ1) is 23.6. The van der Waals surface area contributed by atoms with Crippen LogP contribution in [-0.4, -0.2) is 35.5 Å². The van der Waals surface area contributed by atoms with E-state index in [9.17, 15) is 14.7 Å². The summed E-state index contributed by atoms with van der Waals surface area (Å²) in [6.45, 7) is 4.28. The summed E-state index contributed by atoms with van der Waals surface area (Å²) in [6.07, 6.45) is 0.827. The number of anilines is 1. The van der Waals surface area contributed by atoms with Gasteiger partial charge in [0.05, 0.1) is 29.5 Å². The maximum absolute atomic E-state index is 13.4. The van der Waals surface area contributed by atoms with Gasteiger partial charge in [-0.25, -0.2) is 4.98 Å². The molecule has 0 radical (unpaired) electrons. The Balaban J connectivity index is 1.66. The number of Topliss-reactive ketones (excluding diaryl/α,β-unsaturated/α-hetero) is 1. The Morgan fingerprint density at radius 1 is 1.14 bits per heavy atom. The third-order valence-corrected chi connectivity index (χ3v) is 6.86. The van der Waals surface area contributed by atoms with Crippen LogP contribution in [0.2, 0.25) is 0 Å². The molecule has 0 aliphatic carbocycles. The standard InChI is InChI=1S/C27H24N2O6S/c1-4-12-34-18-7-5-6-16(13-18)24(30)22-23(20-11-8-15(2)35-20)29(26(32)25(22)31)27-28-19-10-9-17(33-3)14-21(19)36-27/h5-11,13-14,23,30H,4,12H2,1-3H3. The van der Waals surface area contributed by atoms with Crippen LogP contribution >= 0.6 is 11.3 Å². The van der Waals surface area contributed by atoms with Crippen LogP contribution in [-0.2, 0) is 9.59 Å². The van der Waals surface area contributed by atoms with Gasteiger partial charge in [0, 0.05) is 5.56 Å². The smallest absolute Gasteiger partial charge is 0.302 e. The predicted molar refractivity (Wildman–Crippen MR) is 137 cm³/mol. The minimum atomic E-state index is -0.985. The van der Waals surface area contributed by atoms with E-state index in [1.807, 2.05) is 13.0 Å². The third kappa shape index (κ3) is 4.11. The van der Waals surface area contributed by atoms with Gasteiger partial charge in [0.15, 0.2) is 5.13 Å². The molecule has 1 N–H and O–H groups in total. The molecule has 2 aromatic heterocycles. The van der Waals surface area contributed by atoms with Gasteiger partial charge in [-0.1, -0.05) is 30.4 Å². The molecule has 1 aliphatic heterocycles. The van der Waals surface area contributed by atoms with E-state index in [0.29, 0.717) is 45.8 Å². The number of furan rings is 1. The number of rotatable bonds is 7. The maximum Gasteiger partial charge on any atom is 0.302 e. The van der Waals surface area contributed by atoms with E-state index in [0.717, 1.165) is 11.1 Å². The first-order chi connectivity index (χ1) is 17.4. The molecule has 1 atom stereocenters. The first-order valence-corrected chi connectivity index (χ1v) is 12.3. The molecule has 1 unspecified atom stereocenters. The molecule has 1 aliphatic rings. The Bertz CT molecular complexity index is 1500. The SMILES string of the molecule is CCCOc1cccc(C(O)=C2C(=O)C(=O)N(c3nc4ccc(OC)cc4s3)C2c2ccc(C)o2)c1. The van der Waals surface area contributed by atoms with Crippen molar-refractivity contribution < 1.29 is 28.6 Å². The van der Waals surface area contributed by atoms with Crippen molar-refractivity contribution in [3.8, 4) is 11.5 Å². The first-order valence-electron chi connectivity index (χ1n) is 11.5. The monoisotopic (exact) mass is 504 g/mol. The number of aromatic nitrogens is 1. The van der Waals surface area contributed by atoms with Crippen molar-refractivity contribution in [1.29, 1.82) is 0 Å². The zero-order valence-corrected chi connectivity index (χ0v) is 20.8. The number of benzene rings is 2. The van der Waals surface area contributed by atoms with Gasteiger partial charge in [-0.05, 0) is 55.8 Å². The quantitative estimate of drug-likeness (QED) is 0.198. The van der Waals surface area contributed by atoms with Crippen molar-refractivity contribution >= 4 is 44.1 Å². The zero-order valence-electron chi connectivity index (χ0n) is 20.0. The minimum Gasteiger partial charge on any atom is -0.507 e. The van der Waals surface area contributed by atoms with Gasteiger partial charge >= 0.3 is 5.91 Å². The lowest BCUT2D eigenvalue weighted by molar-refractivity contribution is -0.132. The summed E-state index contributed by atoms with van der Waals surface area (Å²) in [5.74, 6) is 0.259. The van der Waals surface area contributed by atoms with Crippen molar-refractivity contribution in [2.75, 3.05) is 18.6 Å². The highest BCUT2D eigenvalue weighted by atomic mass is 32.1. The molecular formula is C27H24N2O6S. The van der Waals surface area contributed by atoms with Gasteiger partial charge in [0.1, 0.15) is 34.8 Å². The number of aliphatic hydroxyl groups excluding tert-OH is 1. The van der Waals surface area contributed by atoms with Crippen LogP contribution in [0, 0.1) is 6.92 Å². The molecule has 1 fully saturated rings. The average molecular weight is 505 g/mol. The lowest BCUT2D eigenvalue weighted by Gasteiger charge is -2.20. The molecule has 184 valence electrons. The fourth-order valence-electron chi connectivity index (χ4n) is 4.13. The second-order valence-corrected chi connectivity index (χ2v) is 9.33. The molecule has 1 saturated heterocycles. The number of amides is 1. The summed E-state index contributed by atoms with van der Waals surface area (Å²) in [4.78, 5) is 32.6. The number of hydrogen-bond donors (Lipinski definition) is 1. The van der Waals surface area contributed by atoms with Crippen LogP contribution < -0.4 is 14.4 Å². The molecule has 0 spiro atoms. The summed E-state index contributed by atoms with van der Waals surface area (Å²) < 4.78 is 17.6. The number of hydrogen-bond acceptors (Lipinski definition) is 8. The lowest BCUT2D eigenvalue weighted by Crippen LogP contribution is -2.29. The Morgan fingerprint density at radius 3 is 2.69 bits per heavy atom. The fourth-order valence-corrected chi connectivity index (χ4v) is 5.15. The van der Waals surface area contributed by atoms with Crippen molar-refractivity contribution in [3.63, 3.8) is 0 Å². The van der Waals surface area contributed by atoms with E-state index < -0.39 is 17.7 Å². The lowest BCUT2D eigenvalue weighted by atomic mass is 9.99. The minimum absolute atomic E-state index is 0.0705. The van der Waals surface area contributed by atoms with E-state index in [-0.39, 0.29) is 11.3 Å². The second kappa shape index (κ2) is 9.50. The van der Waals surface area contributed by atoms with Crippen molar-refractivity contribution in [1.82, 2.24) is 4.98 Å². The van der Waals surface area contributed by atoms with E-state index in [1.54, 1.807) is 62.6 Å². The van der Waals surface area contributed by atoms with Crippen LogP contribution in [0.3, 0.4) is 0 Å². The number of ketones is 1. The molecule has 2 aromatic carbocycles. The molecular weight excluding hydrogens is 480 g/mol. The second-order valence-electron chi connectivity index (χ2n) is 8.32. The molecule has 36 heavy (non-hydrogen) atoms. The Hall–Kier alpha value is -4.11. The van der Waals surface area contributed by atoms with Crippen LogP contribution in [0.4, 0.5) is 5.13 Å². The van der Waals surface area contributed by atoms with Crippen LogP contribution in [0.1, 0.15) is 36.5 Å². The molecule has 0 saturated carbocycles. The number of fused-ring (bicyclic) bond motifs is 1. The average Bonchev–Trinajstić information content (AvgIpc) is 3.57. The number of nitrogens with zero attached hydrogens (tertiary/aromatic N) is 2. The molecule has 0 bridgehead atoms. The number of carbonyl (C=O) groups excluding carboxylic acids is 2. The Kier molecular flexibility index (Phi) is 6.24. The zero-order chi connectivity index (χ0) is 25.4. The van der Waals surface area contributed by atoms with E-state index in [1.165, 1.54) is 16.2 Å². The van der Waals surface area contributed by atoms with Gasteiger partial charge in [0.2, 0.25) is 0 Å². The number of thiazole rings is 1. The number of aryl methyl sites for hydroxylation is 1. The van der Waals surface area contributed by atoms with Crippen molar-refractivity contribution in [2.45, 2.75) is 26.3 Å². The van der Waals surface area contributed by atoms with Gasteiger partial charge in [-0.15, -0.1) is 0 Å². The predicted octanol–water partition coefficient (Wildman–Crippen LogP) is 5.62. The number of methoxy groups -OCH3 is 1. The fraction of sp³-hybridized carbons (Fsp3) is 0.222. The highest BCUT2D eigenvalue weighted by Gasteiger charge is 2.49. The number of ether oxygens (including phenoxy) is 2. The van der Waals surface area contributed by atoms with Crippen LogP contribution in [0.25, 0.3) is 16.0 Å². The summed E-state index contributed by atoms with van der Waals surface area (Å²) >= 11 is 1.25. The van der Waals surface area contributed by atoms with Gasteiger partial charge < -0.3 is 19.0 Å². The summed E-state index contributed by atoms with van der Waals surface area (Å²) in [5, 5.41) is 11.6. The normalized spacial score (nSPS) is 17.2. The molecule has 5 rings (SSSR count). The van der Waals surface area contributed by atoms with E-state index in [2.05, 4.69) is 4.98 Å². The van der Waals surface area contributed by atoms with E-state index >= 15 is 0 Å². The molecule has 1 amide bonds. The van der Waals surface area contributed by atoms with Crippen molar-refractivity contribution in [3.05, 3.63) is 77.3 Å². The number of aliphatic hydroxyl groups is 1. The van der Waals surface area contributed by atoms with Crippen molar-refractivity contribution in [2.24, 2.45) is 0 Å². The van der Waals surface area contributed by atoms with Gasteiger partial charge in [-0.2, -0.15) is 0 Å². The largest absolute Gasteiger partial charge is 0.507 e. The van der Waals surface area contributed by atoms with E-state index in [4.69, 9.17) is 13.9 Å².